The Morgan fingerprint density at radius 3 is 3.07 bits per heavy atom. The topological polar surface area (TPSA) is 64.4 Å². The van der Waals surface area contributed by atoms with Crippen molar-refractivity contribution < 1.29 is 14.6 Å². The number of ether oxygens (including phenoxy) is 1. The van der Waals surface area contributed by atoms with Gasteiger partial charge in [0.25, 0.3) is 0 Å². The molecule has 0 atom stereocenters. The number of aliphatic hydroxyl groups is 1. The van der Waals surface area contributed by atoms with Crippen molar-refractivity contribution >= 4 is 5.97 Å². The summed E-state index contributed by atoms with van der Waals surface area (Å²) in [5.41, 5.74) is 0. The van der Waals surface area contributed by atoms with Gasteiger partial charge in [-0.15, -0.1) is 0 Å². The van der Waals surface area contributed by atoms with Crippen LogP contribution < -0.4 is 0 Å². The van der Waals surface area contributed by atoms with E-state index in [-0.39, 0.29) is 12.6 Å². The number of unbranched alkanes of at least 4 members (excludes halogenated alkanes) is 1. The molecule has 84 valence electrons. The number of nitrogens with zero attached hydrogens (tertiary/aromatic N) is 2. The summed E-state index contributed by atoms with van der Waals surface area (Å²) in [4.78, 5) is 14.8. The van der Waals surface area contributed by atoms with Gasteiger partial charge in [-0.05, 0) is 12.8 Å². The molecular weight excluding hydrogens is 196 g/mol. The normalized spacial score (nSPS) is 10.3. The molecule has 0 bridgehead atoms. The van der Waals surface area contributed by atoms with Gasteiger partial charge in [0.15, 0.2) is 0 Å². The number of aryl methyl sites for hydroxylation is 1. The van der Waals surface area contributed by atoms with Crippen LogP contribution in [0.1, 0.15) is 25.1 Å². The number of imidazole rings is 1. The standard InChI is InChI=1S/C10H16N2O3/c1-15-10(14)4-2-3-6-12-7-5-11-9(12)8-13/h5,7,13H,2-4,6,8H2,1H3. The Balaban J connectivity index is 2.23. The van der Waals surface area contributed by atoms with Crippen molar-refractivity contribution in [3.63, 3.8) is 0 Å². The summed E-state index contributed by atoms with van der Waals surface area (Å²) in [6.45, 7) is 0.719. The predicted octanol–water partition coefficient (Wildman–Crippen LogP) is 0.719. The van der Waals surface area contributed by atoms with E-state index in [0.29, 0.717) is 12.2 Å². The molecule has 5 heteroatoms. The third-order valence-electron chi connectivity index (χ3n) is 2.20. The molecule has 1 N–H and O–H groups in total. The van der Waals surface area contributed by atoms with Gasteiger partial charge in [0.1, 0.15) is 12.4 Å². The highest BCUT2D eigenvalue weighted by atomic mass is 16.5. The van der Waals surface area contributed by atoms with Gasteiger partial charge in [-0.1, -0.05) is 0 Å². The highest BCUT2D eigenvalue weighted by Gasteiger charge is 2.02. The Hall–Kier alpha value is -1.36. The Labute approximate surface area is 88.7 Å². The van der Waals surface area contributed by atoms with Crippen LogP contribution in [0.5, 0.6) is 0 Å². The summed E-state index contributed by atoms with van der Waals surface area (Å²) in [6.07, 6.45) is 5.59. The molecule has 5 nitrogen and oxygen atoms in total. The van der Waals surface area contributed by atoms with Crippen molar-refractivity contribution in [2.24, 2.45) is 0 Å². The fraction of sp³-hybridized carbons (Fsp3) is 0.600. The van der Waals surface area contributed by atoms with Crippen LogP contribution in [-0.4, -0.2) is 27.7 Å². The zero-order valence-corrected chi connectivity index (χ0v) is 8.85. The van der Waals surface area contributed by atoms with E-state index in [2.05, 4.69) is 9.72 Å². The number of methoxy groups -OCH3 is 1. The number of hydrogen-bond acceptors (Lipinski definition) is 4. The van der Waals surface area contributed by atoms with E-state index in [9.17, 15) is 4.79 Å². The quantitative estimate of drug-likeness (QED) is 0.557. The minimum absolute atomic E-state index is 0.0516. The highest BCUT2D eigenvalue weighted by molar-refractivity contribution is 5.68. The first kappa shape index (κ1) is 11.7. The van der Waals surface area contributed by atoms with Gasteiger partial charge in [0.2, 0.25) is 0 Å². The number of aliphatic hydroxyl groups excluding tert-OH is 1. The van der Waals surface area contributed by atoms with Gasteiger partial charge in [0, 0.05) is 25.4 Å². The molecule has 0 spiro atoms. The Kier molecular flexibility index (Phi) is 4.83. The van der Waals surface area contributed by atoms with E-state index in [0.717, 1.165) is 19.4 Å². The SMILES string of the molecule is COC(=O)CCCCn1ccnc1CO. The van der Waals surface area contributed by atoms with Crippen molar-refractivity contribution in [2.45, 2.75) is 32.4 Å². The maximum Gasteiger partial charge on any atom is 0.305 e. The largest absolute Gasteiger partial charge is 0.469 e. The van der Waals surface area contributed by atoms with Gasteiger partial charge in [-0.2, -0.15) is 0 Å². The van der Waals surface area contributed by atoms with Crippen molar-refractivity contribution in [3.8, 4) is 0 Å². The van der Waals surface area contributed by atoms with E-state index in [4.69, 9.17) is 5.11 Å². The van der Waals surface area contributed by atoms with Gasteiger partial charge >= 0.3 is 5.97 Å². The van der Waals surface area contributed by atoms with Crippen molar-refractivity contribution in [1.29, 1.82) is 0 Å². The van der Waals surface area contributed by atoms with E-state index in [1.807, 2.05) is 10.8 Å². The van der Waals surface area contributed by atoms with Crippen molar-refractivity contribution in [2.75, 3.05) is 7.11 Å². The Bertz CT molecular complexity index is 309. The monoisotopic (exact) mass is 212 g/mol. The maximum absolute atomic E-state index is 10.8. The minimum atomic E-state index is -0.178. The molecule has 0 unspecified atom stereocenters. The summed E-state index contributed by atoms with van der Waals surface area (Å²) in [5.74, 6) is 0.482. The average molecular weight is 212 g/mol. The summed E-state index contributed by atoms with van der Waals surface area (Å²) in [6, 6.07) is 0. The summed E-state index contributed by atoms with van der Waals surface area (Å²) in [7, 11) is 1.39. The lowest BCUT2D eigenvalue weighted by Gasteiger charge is -2.05. The zero-order valence-electron chi connectivity index (χ0n) is 8.85. The van der Waals surface area contributed by atoms with E-state index in [1.165, 1.54) is 7.11 Å². The number of carbonyl (C=O) groups is 1. The molecule has 0 aromatic carbocycles. The van der Waals surface area contributed by atoms with E-state index in [1.54, 1.807) is 6.20 Å². The minimum Gasteiger partial charge on any atom is -0.469 e. The molecule has 0 aliphatic carbocycles. The average Bonchev–Trinajstić information content (AvgIpc) is 2.71. The molecule has 0 saturated heterocycles. The molecule has 1 heterocycles. The molecule has 15 heavy (non-hydrogen) atoms. The number of aromatic nitrogens is 2. The van der Waals surface area contributed by atoms with Crippen LogP contribution >= 0.6 is 0 Å². The number of carbonyl (C=O) groups excluding carboxylic acids is 1. The molecule has 0 amide bonds. The lowest BCUT2D eigenvalue weighted by molar-refractivity contribution is -0.140. The van der Waals surface area contributed by atoms with Gasteiger partial charge in [0.05, 0.1) is 7.11 Å². The Morgan fingerprint density at radius 1 is 1.60 bits per heavy atom. The predicted molar refractivity (Wildman–Crippen MR) is 54.0 cm³/mol. The van der Waals surface area contributed by atoms with Gasteiger partial charge in [-0.25, -0.2) is 4.98 Å². The second-order valence-electron chi connectivity index (χ2n) is 3.23. The van der Waals surface area contributed by atoms with Crippen LogP contribution in [-0.2, 0) is 22.7 Å². The molecule has 0 fully saturated rings. The molecule has 0 aliphatic heterocycles. The summed E-state index contributed by atoms with van der Waals surface area (Å²) in [5, 5.41) is 8.93. The van der Waals surface area contributed by atoms with Crippen molar-refractivity contribution in [3.05, 3.63) is 18.2 Å². The number of esters is 1. The highest BCUT2D eigenvalue weighted by Crippen LogP contribution is 2.03. The van der Waals surface area contributed by atoms with Gasteiger partial charge in [-0.3, -0.25) is 4.79 Å². The molecule has 0 radical (unpaired) electrons. The third kappa shape index (κ3) is 3.71. The number of rotatable bonds is 6. The second-order valence-corrected chi connectivity index (χ2v) is 3.23. The first-order valence-corrected chi connectivity index (χ1v) is 4.95. The molecule has 1 rings (SSSR count). The molecule has 0 saturated carbocycles. The van der Waals surface area contributed by atoms with Crippen LogP contribution in [0, 0.1) is 0 Å². The molecule has 1 aromatic rings. The molecule has 1 aromatic heterocycles. The van der Waals surface area contributed by atoms with E-state index >= 15 is 0 Å². The molecule has 0 aliphatic rings. The fourth-order valence-electron chi connectivity index (χ4n) is 1.35. The fourth-order valence-corrected chi connectivity index (χ4v) is 1.35. The second kappa shape index (κ2) is 6.19. The third-order valence-corrected chi connectivity index (χ3v) is 2.20. The summed E-state index contributed by atoms with van der Waals surface area (Å²) < 4.78 is 6.42. The van der Waals surface area contributed by atoms with Crippen LogP contribution in [0.2, 0.25) is 0 Å². The summed E-state index contributed by atoms with van der Waals surface area (Å²) >= 11 is 0. The van der Waals surface area contributed by atoms with Crippen LogP contribution in [0.15, 0.2) is 12.4 Å². The van der Waals surface area contributed by atoms with Crippen LogP contribution in [0.25, 0.3) is 0 Å². The first-order chi connectivity index (χ1) is 7.27. The van der Waals surface area contributed by atoms with E-state index < -0.39 is 0 Å². The van der Waals surface area contributed by atoms with Crippen molar-refractivity contribution in [1.82, 2.24) is 9.55 Å². The van der Waals surface area contributed by atoms with Crippen LogP contribution in [0.4, 0.5) is 0 Å². The smallest absolute Gasteiger partial charge is 0.305 e. The lowest BCUT2D eigenvalue weighted by atomic mass is 10.2. The maximum atomic E-state index is 10.8. The number of hydrogen-bond donors (Lipinski definition) is 1. The van der Waals surface area contributed by atoms with Crippen LogP contribution in [0.3, 0.4) is 0 Å². The Morgan fingerprint density at radius 2 is 2.40 bits per heavy atom. The van der Waals surface area contributed by atoms with Gasteiger partial charge < -0.3 is 14.4 Å². The lowest BCUT2D eigenvalue weighted by Crippen LogP contribution is -2.05. The first-order valence-electron chi connectivity index (χ1n) is 4.95. The molecular formula is C10H16N2O3. The zero-order chi connectivity index (χ0) is 11.1.